The summed E-state index contributed by atoms with van der Waals surface area (Å²) in [5.74, 6) is 0.560. The Kier molecular flexibility index (Phi) is 1.22. The van der Waals surface area contributed by atoms with Crippen molar-refractivity contribution in [1.82, 2.24) is 14.4 Å². The van der Waals surface area contributed by atoms with Gasteiger partial charge >= 0.3 is 0 Å². The first-order valence-electron chi connectivity index (χ1n) is 3.01. The van der Waals surface area contributed by atoms with Crippen LogP contribution >= 0.6 is 11.6 Å². The second-order valence-corrected chi connectivity index (χ2v) is 2.51. The van der Waals surface area contributed by atoms with E-state index < -0.39 is 0 Å². The molecule has 0 saturated carbocycles. The SMILES string of the molecule is Nc1cnc2cnc(Cl)cn12. The molecule has 0 spiro atoms. The maximum Gasteiger partial charge on any atom is 0.157 e. The predicted octanol–water partition coefficient (Wildman–Crippen LogP) is 0.965. The molecule has 11 heavy (non-hydrogen) atoms. The fourth-order valence-electron chi connectivity index (χ4n) is 0.884. The highest BCUT2D eigenvalue weighted by molar-refractivity contribution is 6.29. The zero-order chi connectivity index (χ0) is 7.84. The molecule has 2 aromatic rings. The quantitative estimate of drug-likeness (QED) is 0.638. The summed E-state index contributed by atoms with van der Waals surface area (Å²) in [6.07, 6.45) is 4.76. The average molecular weight is 169 g/mol. The van der Waals surface area contributed by atoms with Gasteiger partial charge < -0.3 is 5.73 Å². The second-order valence-electron chi connectivity index (χ2n) is 2.12. The van der Waals surface area contributed by atoms with Crippen LogP contribution in [0.1, 0.15) is 0 Å². The molecule has 0 atom stereocenters. The molecule has 0 aliphatic rings. The minimum atomic E-state index is 0.405. The van der Waals surface area contributed by atoms with Gasteiger partial charge in [0.05, 0.1) is 12.4 Å². The molecule has 4 nitrogen and oxygen atoms in total. The molecule has 0 amide bonds. The molecule has 2 heterocycles. The zero-order valence-electron chi connectivity index (χ0n) is 5.53. The molecule has 2 N–H and O–H groups in total. The van der Waals surface area contributed by atoms with Gasteiger partial charge in [-0.25, -0.2) is 9.97 Å². The Hall–Kier alpha value is -1.29. The molecule has 0 saturated heterocycles. The zero-order valence-corrected chi connectivity index (χ0v) is 6.28. The molecule has 2 rings (SSSR count). The van der Waals surface area contributed by atoms with Crippen LogP contribution in [-0.4, -0.2) is 14.4 Å². The van der Waals surface area contributed by atoms with Crippen molar-refractivity contribution in [2.45, 2.75) is 0 Å². The largest absolute Gasteiger partial charge is 0.383 e. The third kappa shape index (κ3) is 0.914. The fourth-order valence-corrected chi connectivity index (χ4v) is 1.03. The van der Waals surface area contributed by atoms with Crippen molar-refractivity contribution < 1.29 is 0 Å². The Labute approximate surface area is 67.6 Å². The summed E-state index contributed by atoms with van der Waals surface area (Å²) in [4.78, 5) is 7.82. The summed E-state index contributed by atoms with van der Waals surface area (Å²) in [5.41, 5.74) is 6.26. The van der Waals surface area contributed by atoms with E-state index in [1.54, 1.807) is 23.0 Å². The lowest BCUT2D eigenvalue weighted by Gasteiger charge is -1.94. The highest BCUT2D eigenvalue weighted by Gasteiger charge is 1.98. The number of hydrogen-bond acceptors (Lipinski definition) is 3. The van der Waals surface area contributed by atoms with E-state index in [4.69, 9.17) is 17.3 Å². The summed E-state index contributed by atoms with van der Waals surface area (Å²) >= 11 is 5.63. The number of aromatic nitrogens is 3. The number of halogens is 1. The van der Waals surface area contributed by atoms with Crippen LogP contribution in [0.4, 0.5) is 5.82 Å². The van der Waals surface area contributed by atoms with E-state index in [2.05, 4.69) is 9.97 Å². The number of imidazole rings is 1. The Morgan fingerprint density at radius 3 is 3.00 bits per heavy atom. The molecule has 0 unspecified atom stereocenters. The maximum absolute atomic E-state index is 5.63. The lowest BCUT2D eigenvalue weighted by atomic mass is 10.7. The summed E-state index contributed by atoms with van der Waals surface area (Å²) in [5, 5.41) is 0.405. The topological polar surface area (TPSA) is 56.2 Å². The standard InChI is InChI=1S/C6H5ClN4/c7-4-3-11-5(8)1-10-6(11)2-9-4/h1-3H,8H2. The van der Waals surface area contributed by atoms with Crippen LogP contribution in [0, 0.1) is 0 Å². The van der Waals surface area contributed by atoms with E-state index in [1.165, 1.54) is 0 Å². The third-order valence-electron chi connectivity index (χ3n) is 1.39. The Bertz CT molecular complexity index is 394. The molecule has 0 radical (unpaired) electrons. The Balaban J connectivity index is 2.87. The molecule has 0 bridgehead atoms. The van der Waals surface area contributed by atoms with Crippen LogP contribution < -0.4 is 5.73 Å². The van der Waals surface area contributed by atoms with Gasteiger partial charge in [0, 0.05) is 6.20 Å². The van der Waals surface area contributed by atoms with Gasteiger partial charge in [0.1, 0.15) is 11.0 Å². The van der Waals surface area contributed by atoms with Crippen LogP contribution in [0.25, 0.3) is 5.65 Å². The molecule has 56 valence electrons. The number of hydrogen-bond donors (Lipinski definition) is 1. The molecule has 0 aromatic carbocycles. The van der Waals surface area contributed by atoms with Gasteiger partial charge in [0.2, 0.25) is 0 Å². The minimum absolute atomic E-state index is 0.405. The summed E-state index contributed by atoms with van der Waals surface area (Å²) in [7, 11) is 0. The summed E-state index contributed by atoms with van der Waals surface area (Å²) in [6, 6.07) is 0. The number of nitrogens with zero attached hydrogens (tertiary/aromatic N) is 3. The smallest absolute Gasteiger partial charge is 0.157 e. The Morgan fingerprint density at radius 2 is 2.18 bits per heavy atom. The third-order valence-corrected chi connectivity index (χ3v) is 1.59. The van der Waals surface area contributed by atoms with Gasteiger partial charge in [0.25, 0.3) is 0 Å². The van der Waals surface area contributed by atoms with Crippen LogP contribution in [0.5, 0.6) is 0 Å². The van der Waals surface area contributed by atoms with Crippen molar-refractivity contribution in [3.05, 3.63) is 23.7 Å². The van der Waals surface area contributed by atoms with E-state index in [0.29, 0.717) is 16.6 Å². The van der Waals surface area contributed by atoms with E-state index in [9.17, 15) is 0 Å². The van der Waals surface area contributed by atoms with Crippen LogP contribution in [0.3, 0.4) is 0 Å². The van der Waals surface area contributed by atoms with Crippen LogP contribution in [-0.2, 0) is 0 Å². The number of nitrogens with two attached hydrogens (primary N) is 1. The van der Waals surface area contributed by atoms with Gasteiger partial charge in [-0.05, 0) is 0 Å². The normalized spacial score (nSPS) is 10.6. The first kappa shape index (κ1) is 6.42. The first-order valence-corrected chi connectivity index (χ1v) is 3.39. The van der Waals surface area contributed by atoms with Crippen molar-refractivity contribution in [3.63, 3.8) is 0 Å². The number of rotatable bonds is 0. The van der Waals surface area contributed by atoms with Crippen molar-refractivity contribution >= 4 is 23.1 Å². The van der Waals surface area contributed by atoms with Crippen molar-refractivity contribution in [2.24, 2.45) is 0 Å². The van der Waals surface area contributed by atoms with Gasteiger partial charge in [-0.3, -0.25) is 4.40 Å². The molecule has 0 aliphatic carbocycles. The summed E-state index contributed by atoms with van der Waals surface area (Å²) in [6.45, 7) is 0. The highest BCUT2D eigenvalue weighted by Crippen LogP contribution is 2.10. The Morgan fingerprint density at radius 1 is 1.36 bits per heavy atom. The predicted molar refractivity (Wildman–Crippen MR) is 42.4 cm³/mol. The van der Waals surface area contributed by atoms with E-state index >= 15 is 0 Å². The summed E-state index contributed by atoms with van der Waals surface area (Å²) < 4.78 is 1.68. The minimum Gasteiger partial charge on any atom is -0.383 e. The van der Waals surface area contributed by atoms with Gasteiger partial charge in [-0.2, -0.15) is 0 Å². The number of nitrogen functional groups attached to an aromatic ring is 1. The fraction of sp³-hybridized carbons (Fsp3) is 0. The lowest BCUT2D eigenvalue weighted by molar-refractivity contribution is 1.13. The molecule has 0 aliphatic heterocycles. The van der Waals surface area contributed by atoms with Crippen molar-refractivity contribution in [1.29, 1.82) is 0 Å². The van der Waals surface area contributed by atoms with Gasteiger partial charge in [-0.1, -0.05) is 11.6 Å². The monoisotopic (exact) mass is 168 g/mol. The molecule has 0 fully saturated rings. The molecule has 2 aromatic heterocycles. The van der Waals surface area contributed by atoms with Crippen LogP contribution in [0.15, 0.2) is 18.6 Å². The highest BCUT2D eigenvalue weighted by atomic mass is 35.5. The van der Waals surface area contributed by atoms with E-state index in [-0.39, 0.29) is 0 Å². The maximum atomic E-state index is 5.63. The molecule has 5 heteroatoms. The first-order chi connectivity index (χ1) is 5.27. The molecular weight excluding hydrogens is 164 g/mol. The van der Waals surface area contributed by atoms with Crippen LogP contribution in [0.2, 0.25) is 5.15 Å². The second kappa shape index (κ2) is 2.10. The lowest BCUT2D eigenvalue weighted by Crippen LogP contribution is -1.92. The number of anilines is 1. The number of fused-ring (bicyclic) bond motifs is 1. The van der Waals surface area contributed by atoms with Gasteiger partial charge in [-0.15, -0.1) is 0 Å². The van der Waals surface area contributed by atoms with Crippen molar-refractivity contribution in [2.75, 3.05) is 5.73 Å². The van der Waals surface area contributed by atoms with E-state index in [1.807, 2.05) is 0 Å². The van der Waals surface area contributed by atoms with E-state index in [0.717, 1.165) is 0 Å². The van der Waals surface area contributed by atoms with Crippen molar-refractivity contribution in [3.8, 4) is 0 Å². The molecular formula is C6H5ClN4. The average Bonchev–Trinajstić information content (AvgIpc) is 2.33. The van der Waals surface area contributed by atoms with Gasteiger partial charge in [0.15, 0.2) is 5.65 Å².